The molecule has 0 saturated heterocycles. The lowest BCUT2D eigenvalue weighted by Crippen LogP contribution is -2.07. The number of oxazole rings is 1. The van der Waals surface area contributed by atoms with Crippen molar-refractivity contribution in [3.8, 4) is 0 Å². The summed E-state index contributed by atoms with van der Waals surface area (Å²) in [5.41, 5.74) is 8.30. The van der Waals surface area contributed by atoms with E-state index in [0.29, 0.717) is 24.8 Å². The molecule has 0 unspecified atom stereocenters. The van der Waals surface area contributed by atoms with E-state index in [1.54, 1.807) is 6.20 Å². The second-order valence-electron chi connectivity index (χ2n) is 4.45. The largest absolute Gasteiger partial charge is 0.441 e. The molecular formula is C14H15N5O. The monoisotopic (exact) mass is 269 g/mol. The first kappa shape index (κ1) is 12.6. The zero-order valence-corrected chi connectivity index (χ0v) is 11.1. The fourth-order valence-corrected chi connectivity index (χ4v) is 1.99. The molecule has 0 atom stereocenters. The molecule has 0 bridgehead atoms. The smallest absolute Gasteiger partial charge is 0.192 e. The molecule has 3 N–H and O–H groups in total. The van der Waals surface area contributed by atoms with Crippen molar-refractivity contribution in [1.82, 2.24) is 15.0 Å². The first-order chi connectivity index (χ1) is 9.74. The Kier molecular flexibility index (Phi) is 3.30. The lowest BCUT2D eigenvalue weighted by atomic mass is 10.2. The summed E-state index contributed by atoms with van der Waals surface area (Å²) in [6.07, 6.45) is 1.70. The van der Waals surface area contributed by atoms with Crippen molar-refractivity contribution in [3.63, 3.8) is 0 Å². The minimum absolute atomic E-state index is 0.333. The molecular weight excluding hydrogens is 254 g/mol. The van der Waals surface area contributed by atoms with Gasteiger partial charge in [0.2, 0.25) is 0 Å². The van der Waals surface area contributed by atoms with Gasteiger partial charge in [0.25, 0.3) is 0 Å². The number of rotatable bonds is 4. The first-order valence-electron chi connectivity index (χ1n) is 6.36. The molecule has 20 heavy (non-hydrogen) atoms. The van der Waals surface area contributed by atoms with Gasteiger partial charge in [-0.05, 0) is 23.8 Å². The number of hydrogen-bond acceptors (Lipinski definition) is 6. The van der Waals surface area contributed by atoms with Gasteiger partial charge in [-0.25, -0.2) is 15.0 Å². The SMILES string of the molecule is Cc1nc2cc(CNc3ccnc(CN)n3)ccc2o1. The van der Waals surface area contributed by atoms with Crippen LogP contribution in [-0.2, 0) is 13.1 Å². The maximum Gasteiger partial charge on any atom is 0.192 e. The topological polar surface area (TPSA) is 89.9 Å². The second kappa shape index (κ2) is 5.26. The molecule has 0 amide bonds. The van der Waals surface area contributed by atoms with Crippen LogP contribution in [0.5, 0.6) is 0 Å². The average molecular weight is 269 g/mol. The number of fused-ring (bicyclic) bond motifs is 1. The molecule has 0 aliphatic heterocycles. The van der Waals surface area contributed by atoms with Crippen molar-refractivity contribution in [2.45, 2.75) is 20.0 Å². The highest BCUT2D eigenvalue weighted by Crippen LogP contribution is 2.17. The molecule has 0 aliphatic rings. The van der Waals surface area contributed by atoms with Gasteiger partial charge in [0.15, 0.2) is 11.5 Å². The van der Waals surface area contributed by atoms with Crippen LogP contribution in [0.3, 0.4) is 0 Å². The van der Waals surface area contributed by atoms with Crippen LogP contribution in [0.2, 0.25) is 0 Å². The molecule has 3 rings (SSSR count). The molecule has 2 aromatic heterocycles. The van der Waals surface area contributed by atoms with Crippen LogP contribution < -0.4 is 11.1 Å². The van der Waals surface area contributed by atoms with Crippen molar-refractivity contribution < 1.29 is 4.42 Å². The number of nitrogens with one attached hydrogen (secondary N) is 1. The summed E-state index contributed by atoms with van der Waals surface area (Å²) < 4.78 is 5.45. The maximum atomic E-state index is 5.52. The molecule has 3 aromatic rings. The number of nitrogens with zero attached hydrogens (tertiary/aromatic N) is 3. The number of aryl methyl sites for hydroxylation is 1. The van der Waals surface area contributed by atoms with E-state index in [0.717, 1.165) is 22.5 Å². The Morgan fingerprint density at radius 3 is 3.00 bits per heavy atom. The molecule has 2 heterocycles. The van der Waals surface area contributed by atoms with Crippen LogP contribution >= 0.6 is 0 Å². The zero-order chi connectivity index (χ0) is 13.9. The highest BCUT2D eigenvalue weighted by molar-refractivity contribution is 5.73. The van der Waals surface area contributed by atoms with Gasteiger partial charge in [0.1, 0.15) is 17.2 Å². The predicted octanol–water partition coefficient (Wildman–Crippen LogP) is 2.00. The van der Waals surface area contributed by atoms with Gasteiger partial charge in [0.05, 0.1) is 6.54 Å². The summed E-state index contributed by atoms with van der Waals surface area (Å²) in [6, 6.07) is 7.75. The third kappa shape index (κ3) is 2.60. The molecule has 6 heteroatoms. The molecule has 1 aromatic carbocycles. The van der Waals surface area contributed by atoms with Crippen LogP contribution in [0.15, 0.2) is 34.9 Å². The Hall–Kier alpha value is -2.47. The van der Waals surface area contributed by atoms with Gasteiger partial charge in [-0.2, -0.15) is 0 Å². The Labute approximate surface area is 116 Å². The van der Waals surface area contributed by atoms with Gasteiger partial charge >= 0.3 is 0 Å². The Morgan fingerprint density at radius 2 is 2.15 bits per heavy atom. The van der Waals surface area contributed by atoms with Crippen LogP contribution in [-0.4, -0.2) is 15.0 Å². The lowest BCUT2D eigenvalue weighted by Gasteiger charge is -2.06. The van der Waals surface area contributed by atoms with Gasteiger partial charge in [-0.3, -0.25) is 0 Å². The molecule has 0 fully saturated rings. The number of hydrogen-bond donors (Lipinski definition) is 2. The quantitative estimate of drug-likeness (QED) is 0.753. The van der Waals surface area contributed by atoms with Gasteiger partial charge < -0.3 is 15.5 Å². The molecule has 102 valence electrons. The maximum absolute atomic E-state index is 5.52. The summed E-state index contributed by atoms with van der Waals surface area (Å²) in [5.74, 6) is 2.06. The summed E-state index contributed by atoms with van der Waals surface area (Å²) in [7, 11) is 0. The van der Waals surface area contributed by atoms with E-state index in [1.165, 1.54) is 0 Å². The minimum atomic E-state index is 0.333. The van der Waals surface area contributed by atoms with Crippen LogP contribution in [0, 0.1) is 6.92 Å². The second-order valence-corrected chi connectivity index (χ2v) is 4.45. The lowest BCUT2D eigenvalue weighted by molar-refractivity contribution is 0.561. The van der Waals surface area contributed by atoms with Gasteiger partial charge in [-0.15, -0.1) is 0 Å². The minimum Gasteiger partial charge on any atom is -0.441 e. The number of anilines is 1. The van der Waals surface area contributed by atoms with Crippen molar-refractivity contribution in [2.75, 3.05) is 5.32 Å². The van der Waals surface area contributed by atoms with Gasteiger partial charge in [-0.1, -0.05) is 6.07 Å². The van der Waals surface area contributed by atoms with E-state index in [-0.39, 0.29) is 0 Å². The van der Waals surface area contributed by atoms with E-state index in [1.807, 2.05) is 31.2 Å². The fraction of sp³-hybridized carbons (Fsp3) is 0.214. The van der Waals surface area contributed by atoms with E-state index in [4.69, 9.17) is 10.2 Å². The van der Waals surface area contributed by atoms with Crippen molar-refractivity contribution in [1.29, 1.82) is 0 Å². The van der Waals surface area contributed by atoms with Crippen LogP contribution in [0.4, 0.5) is 5.82 Å². The summed E-state index contributed by atoms with van der Waals surface area (Å²) in [6.45, 7) is 2.83. The number of aromatic nitrogens is 3. The molecule has 0 saturated carbocycles. The Bertz CT molecular complexity index is 737. The standard InChI is InChI=1S/C14H15N5O/c1-9-18-11-6-10(2-3-12(11)20-9)8-17-13-4-5-16-14(7-15)19-13/h2-6H,7-8,15H2,1H3,(H,16,17,19). The summed E-state index contributed by atoms with van der Waals surface area (Å²) in [4.78, 5) is 12.7. The highest BCUT2D eigenvalue weighted by Gasteiger charge is 2.03. The third-order valence-corrected chi connectivity index (χ3v) is 2.92. The molecule has 0 radical (unpaired) electrons. The van der Waals surface area contributed by atoms with Gasteiger partial charge in [0, 0.05) is 19.7 Å². The van der Waals surface area contributed by atoms with E-state index in [2.05, 4.69) is 20.3 Å². The normalized spacial score (nSPS) is 10.9. The van der Waals surface area contributed by atoms with Crippen LogP contribution in [0.1, 0.15) is 17.3 Å². The van der Waals surface area contributed by atoms with E-state index >= 15 is 0 Å². The summed E-state index contributed by atoms with van der Waals surface area (Å²) >= 11 is 0. The third-order valence-electron chi connectivity index (χ3n) is 2.92. The first-order valence-corrected chi connectivity index (χ1v) is 6.36. The van der Waals surface area contributed by atoms with E-state index < -0.39 is 0 Å². The zero-order valence-electron chi connectivity index (χ0n) is 11.1. The van der Waals surface area contributed by atoms with Crippen molar-refractivity contribution in [3.05, 3.63) is 47.7 Å². The highest BCUT2D eigenvalue weighted by atomic mass is 16.3. The predicted molar refractivity (Wildman–Crippen MR) is 76.0 cm³/mol. The van der Waals surface area contributed by atoms with Crippen molar-refractivity contribution in [2.24, 2.45) is 5.73 Å². The summed E-state index contributed by atoms with van der Waals surface area (Å²) in [5, 5.41) is 3.24. The number of benzene rings is 1. The number of nitrogens with two attached hydrogens (primary N) is 1. The van der Waals surface area contributed by atoms with E-state index in [9.17, 15) is 0 Å². The fourth-order valence-electron chi connectivity index (χ4n) is 1.99. The molecule has 6 nitrogen and oxygen atoms in total. The average Bonchev–Trinajstić information content (AvgIpc) is 2.84. The Balaban J connectivity index is 1.75. The van der Waals surface area contributed by atoms with Crippen molar-refractivity contribution >= 4 is 16.9 Å². The molecule has 0 spiro atoms. The molecule has 0 aliphatic carbocycles. The van der Waals surface area contributed by atoms with Crippen LogP contribution in [0.25, 0.3) is 11.1 Å². The Morgan fingerprint density at radius 1 is 1.25 bits per heavy atom.